The molecule has 1 radical (unpaired) electrons. The van der Waals surface area contributed by atoms with Gasteiger partial charge >= 0.3 is 0 Å². The van der Waals surface area contributed by atoms with Crippen molar-refractivity contribution in [3.63, 3.8) is 0 Å². The van der Waals surface area contributed by atoms with Crippen LogP contribution >= 0.6 is 0 Å². The Morgan fingerprint density at radius 3 is 3.00 bits per heavy atom. The summed E-state index contributed by atoms with van der Waals surface area (Å²) in [5, 5.41) is 4.21. The van der Waals surface area contributed by atoms with Gasteiger partial charge in [-0.2, -0.15) is 5.10 Å². The molecule has 0 amide bonds. The summed E-state index contributed by atoms with van der Waals surface area (Å²) in [5.41, 5.74) is 0.983. The lowest BCUT2D eigenvalue weighted by Crippen LogP contribution is -1.97. The number of hydrogen-bond acceptors (Lipinski definition) is 1. The summed E-state index contributed by atoms with van der Waals surface area (Å²) in [6.45, 7) is 5.17. The Morgan fingerprint density at radius 1 is 1.70 bits per heavy atom. The maximum absolute atomic E-state index is 4.21. The van der Waals surface area contributed by atoms with Gasteiger partial charge in [0.15, 0.2) is 0 Å². The Labute approximate surface area is 61.9 Å². The maximum atomic E-state index is 4.21. The SMILES string of the molecule is CCCCn1c[c]c(C)n1. The second kappa shape index (κ2) is 3.40. The first-order valence-electron chi connectivity index (χ1n) is 3.74. The van der Waals surface area contributed by atoms with Crippen LogP contribution in [0, 0.1) is 13.0 Å². The molecule has 0 aliphatic heterocycles. The number of hydrogen-bond donors (Lipinski definition) is 0. The van der Waals surface area contributed by atoms with E-state index in [-0.39, 0.29) is 0 Å². The van der Waals surface area contributed by atoms with Crippen molar-refractivity contribution in [3.8, 4) is 0 Å². The van der Waals surface area contributed by atoms with Crippen LogP contribution in [0.2, 0.25) is 0 Å². The zero-order valence-corrected chi connectivity index (χ0v) is 6.59. The Bertz CT molecular complexity index is 191. The summed E-state index contributed by atoms with van der Waals surface area (Å²) in [7, 11) is 0. The van der Waals surface area contributed by atoms with Crippen molar-refractivity contribution in [3.05, 3.63) is 18.0 Å². The Morgan fingerprint density at radius 2 is 2.50 bits per heavy atom. The molecule has 0 N–H and O–H groups in total. The molecule has 0 spiro atoms. The number of rotatable bonds is 3. The summed E-state index contributed by atoms with van der Waals surface area (Å²) in [4.78, 5) is 0. The highest BCUT2D eigenvalue weighted by atomic mass is 15.3. The summed E-state index contributed by atoms with van der Waals surface area (Å²) in [6, 6.07) is 3.03. The molecule has 0 aliphatic rings. The molecule has 1 aromatic rings. The van der Waals surface area contributed by atoms with E-state index in [0.717, 1.165) is 12.2 Å². The Hall–Kier alpha value is -0.790. The molecule has 1 rings (SSSR count). The molecule has 0 bridgehead atoms. The molecular weight excluding hydrogens is 124 g/mol. The van der Waals surface area contributed by atoms with Crippen LogP contribution in [0.15, 0.2) is 6.20 Å². The third-order valence-corrected chi connectivity index (χ3v) is 1.44. The first-order valence-corrected chi connectivity index (χ1v) is 3.74. The average molecular weight is 137 g/mol. The van der Waals surface area contributed by atoms with Gasteiger partial charge < -0.3 is 0 Å². The zero-order valence-electron chi connectivity index (χ0n) is 6.59. The molecule has 0 aromatic carbocycles. The van der Waals surface area contributed by atoms with Crippen molar-refractivity contribution in [2.24, 2.45) is 0 Å². The molecule has 0 fully saturated rings. The minimum absolute atomic E-state index is 0.983. The highest BCUT2D eigenvalue weighted by Gasteiger charge is 1.91. The first kappa shape index (κ1) is 7.32. The molecule has 2 nitrogen and oxygen atoms in total. The van der Waals surface area contributed by atoms with Gasteiger partial charge in [0.2, 0.25) is 0 Å². The largest absolute Gasteiger partial charge is 0.272 e. The fourth-order valence-electron chi connectivity index (χ4n) is 0.853. The van der Waals surface area contributed by atoms with Crippen LogP contribution in [-0.2, 0) is 6.54 Å². The van der Waals surface area contributed by atoms with E-state index in [1.54, 1.807) is 0 Å². The van der Waals surface area contributed by atoms with Crippen molar-refractivity contribution in [2.75, 3.05) is 0 Å². The molecule has 2 heteroatoms. The molecular formula is C8H13N2. The third kappa shape index (κ3) is 1.87. The minimum Gasteiger partial charge on any atom is -0.272 e. The van der Waals surface area contributed by atoms with Crippen LogP contribution < -0.4 is 0 Å². The smallest absolute Gasteiger partial charge is 0.0673 e. The van der Waals surface area contributed by atoms with Crippen LogP contribution in [0.25, 0.3) is 0 Å². The molecule has 1 aromatic heterocycles. The fourth-order valence-corrected chi connectivity index (χ4v) is 0.853. The van der Waals surface area contributed by atoms with Gasteiger partial charge in [-0.3, -0.25) is 4.68 Å². The molecule has 0 atom stereocenters. The molecule has 0 unspecified atom stereocenters. The molecule has 1 heterocycles. The van der Waals surface area contributed by atoms with E-state index in [4.69, 9.17) is 0 Å². The molecule has 10 heavy (non-hydrogen) atoms. The summed E-state index contributed by atoms with van der Waals surface area (Å²) >= 11 is 0. The van der Waals surface area contributed by atoms with Crippen molar-refractivity contribution >= 4 is 0 Å². The predicted molar refractivity (Wildman–Crippen MR) is 40.7 cm³/mol. The van der Waals surface area contributed by atoms with Gasteiger partial charge in [0.05, 0.1) is 5.69 Å². The second-order valence-electron chi connectivity index (χ2n) is 2.48. The normalized spacial score (nSPS) is 10.2. The van der Waals surface area contributed by atoms with Crippen molar-refractivity contribution in [1.29, 1.82) is 0 Å². The van der Waals surface area contributed by atoms with E-state index >= 15 is 0 Å². The number of nitrogens with zero attached hydrogens (tertiary/aromatic N) is 2. The first-order chi connectivity index (χ1) is 4.83. The summed E-state index contributed by atoms with van der Waals surface area (Å²) in [5.74, 6) is 0. The monoisotopic (exact) mass is 137 g/mol. The quantitative estimate of drug-likeness (QED) is 0.621. The maximum Gasteiger partial charge on any atom is 0.0673 e. The lowest BCUT2D eigenvalue weighted by molar-refractivity contribution is 0.568. The summed E-state index contributed by atoms with van der Waals surface area (Å²) in [6.07, 6.45) is 4.33. The van der Waals surface area contributed by atoms with Crippen molar-refractivity contribution in [1.82, 2.24) is 9.78 Å². The topological polar surface area (TPSA) is 17.8 Å². The molecule has 55 valence electrons. The van der Waals surface area contributed by atoms with E-state index in [9.17, 15) is 0 Å². The van der Waals surface area contributed by atoms with Gasteiger partial charge in [0.25, 0.3) is 0 Å². The van der Waals surface area contributed by atoms with Crippen molar-refractivity contribution in [2.45, 2.75) is 33.2 Å². The Kier molecular flexibility index (Phi) is 2.49. The third-order valence-electron chi connectivity index (χ3n) is 1.44. The van der Waals surface area contributed by atoms with Crippen LogP contribution in [0.1, 0.15) is 25.5 Å². The van der Waals surface area contributed by atoms with E-state index in [1.165, 1.54) is 12.8 Å². The number of aryl methyl sites for hydroxylation is 2. The van der Waals surface area contributed by atoms with Crippen LogP contribution in [-0.4, -0.2) is 9.78 Å². The van der Waals surface area contributed by atoms with E-state index in [2.05, 4.69) is 18.1 Å². The van der Waals surface area contributed by atoms with Gasteiger partial charge in [0, 0.05) is 18.8 Å². The van der Waals surface area contributed by atoms with E-state index < -0.39 is 0 Å². The lowest BCUT2D eigenvalue weighted by atomic mass is 10.3. The second-order valence-corrected chi connectivity index (χ2v) is 2.48. The highest BCUT2D eigenvalue weighted by Crippen LogP contribution is 1.95. The van der Waals surface area contributed by atoms with Gasteiger partial charge in [-0.1, -0.05) is 13.3 Å². The standard InChI is InChI=1S/C8H13N2/c1-3-4-6-10-7-5-8(2)9-10/h7H,3-4,6H2,1-2H3. The number of unbranched alkanes of at least 4 members (excludes halogenated alkanes) is 1. The number of aromatic nitrogens is 2. The molecule has 0 saturated heterocycles. The van der Waals surface area contributed by atoms with Crippen molar-refractivity contribution < 1.29 is 0 Å². The summed E-state index contributed by atoms with van der Waals surface area (Å²) < 4.78 is 1.94. The highest BCUT2D eigenvalue weighted by molar-refractivity contribution is 4.91. The average Bonchev–Trinajstić information content (AvgIpc) is 2.31. The van der Waals surface area contributed by atoms with Crippen LogP contribution in [0.3, 0.4) is 0 Å². The van der Waals surface area contributed by atoms with Gasteiger partial charge in [-0.15, -0.1) is 0 Å². The van der Waals surface area contributed by atoms with Gasteiger partial charge in [-0.25, -0.2) is 0 Å². The zero-order chi connectivity index (χ0) is 7.40. The van der Waals surface area contributed by atoms with Crippen LogP contribution in [0.5, 0.6) is 0 Å². The molecule has 0 aliphatic carbocycles. The predicted octanol–water partition coefficient (Wildman–Crippen LogP) is 1.79. The minimum atomic E-state index is 0.983. The van der Waals surface area contributed by atoms with E-state index in [0.29, 0.717) is 0 Å². The lowest BCUT2D eigenvalue weighted by Gasteiger charge is -1.96. The van der Waals surface area contributed by atoms with Gasteiger partial charge in [0.1, 0.15) is 0 Å². The fraction of sp³-hybridized carbons (Fsp3) is 0.625. The van der Waals surface area contributed by atoms with E-state index in [1.807, 2.05) is 17.8 Å². The molecule has 0 saturated carbocycles. The Balaban J connectivity index is 2.42. The van der Waals surface area contributed by atoms with Gasteiger partial charge in [-0.05, 0) is 13.3 Å². The van der Waals surface area contributed by atoms with Crippen LogP contribution in [0.4, 0.5) is 0 Å².